The average Bonchev–Trinajstić information content (AvgIpc) is 2.64. The number of oxazole rings is 1. The third-order valence-corrected chi connectivity index (χ3v) is 2.42. The van der Waals surface area contributed by atoms with Gasteiger partial charge in [0.25, 0.3) is 0 Å². The highest BCUT2D eigenvalue weighted by atomic mass is 16.5. The van der Waals surface area contributed by atoms with E-state index in [9.17, 15) is 4.79 Å². The van der Waals surface area contributed by atoms with Crippen LogP contribution in [-0.2, 0) is 16.0 Å². The molecule has 1 heterocycles. The van der Waals surface area contributed by atoms with Gasteiger partial charge in [-0.05, 0) is 13.8 Å². The highest BCUT2D eigenvalue weighted by Crippen LogP contribution is 2.24. The van der Waals surface area contributed by atoms with Crippen LogP contribution in [0.2, 0.25) is 0 Å². The van der Waals surface area contributed by atoms with Gasteiger partial charge in [0.15, 0.2) is 5.89 Å². The molecule has 4 nitrogen and oxygen atoms in total. The Bertz CT molecular complexity index is 366. The number of esters is 1. The molecule has 0 aliphatic heterocycles. The molecule has 0 atom stereocenters. The van der Waals surface area contributed by atoms with Crippen molar-refractivity contribution >= 4 is 5.97 Å². The van der Waals surface area contributed by atoms with Crippen molar-refractivity contribution in [1.82, 2.24) is 4.98 Å². The summed E-state index contributed by atoms with van der Waals surface area (Å²) in [6.45, 7) is 7.70. The van der Waals surface area contributed by atoms with Crippen LogP contribution in [-0.4, -0.2) is 18.1 Å². The minimum Gasteiger partial charge on any atom is -0.469 e. The van der Waals surface area contributed by atoms with E-state index in [0.717, 1.165) is 5.69 Å². The van der Waals surface area contributed by atoms with E-state index in [0.29, 0.717) is 12.3 Å². The van der Waals surface area contributed by atoms with Gasteiger partial charge in [0, 0.05) is 12.3 Å². The van der Waals surface area contributed by atoms with Crippen LogP contribution >= 0.6 is 0 Å². The third-order valence-electron chi connectivity index (χ3n) is 2.42. The van der Waals surface area contributed by atoms with Crippen LogP contribution in [0.3, 0.4) is 0 Å². The zero-order valence-corrected chi connectivity index (χ0v) is 10.5. The molecule has 1 rings (SSSR count). The number of carbonyl (C=O) groups is 1. The number of aromatic nitrogens is 1. The SMILES string of the molecule is COC(=O)C(C)(C)Cc1coc(C(C)C)n1. The minimum atomic E-state index is -0.570. The molecule has 16 heavy (non-hydrogen) atoms. The standard InChI is InChI=1S/C12H19NO3/c1-8(2)10-13-9(7-16-10)6-12(3,4)11(14)15-5/h7-8H,6H2,1-5H3. The van der Waals surface area contributed by atoms with E-state index in [4.69, 9.17) is 9.15 Å². The molecule has 0 saturated heterocycles. The third kappa shape index (κ3) is 2.84. The van der Waals surface area contributed by atoms with Gasteiger partial charge in [0.05, 0.1) is 18.2 Å². The van der Waals surface area contributed by atoms with Crippen LogP contribution in [0.4, 0.5) is 0 Å². The summed E-state index contributed by atoms with van der Waals surface area (Å²) in [5, 5.41) is 0. The molecule has 1 aromatic heterocycles. The lowest BCUT2D eigenvalue weighted by Crippen LogP contribution is -2.28. The molecule has 4 heteroatoms. The zero-order valence-electron chi connectivity index (χ0n) is 10.5. The largest absolute Gasteiger partial charge is 0.469 e. The summed E-state index contributed by atoms with van der Waals surface area (Å²) in [4.78, 5) is 15.8. The molecule has 0 fully saturated rings. The maximum absolute atomic E-state index is 11.5. The summed E-state index contributed by atoms with van der Waals surface area (Å²) in [5.41, 5.74) is 0.221. The molecular weight excluding hydrogens is 206 g/mol. The Morgan fingerprint density at radius 3 is 2.62 bits per heavy atom. The second-order valence-corrected chi connectivity index (χ2v) is 4.88. The Labute approximate surface area is 96.0 Å². The monoisotopic (exact) mass is 225 g/mol. The van der Waals surface area contributed by atoms with Crippen LogP contribution in [0.15, 0.2) is 10.7 Å². The molecule has 0 radical (unpaired) electrons. The molecule has 0 unspecified atom stereocenters. The molecule has 0 amide bonds. The zero-order chi connectivity index (χ0) is 12.3. The Hall–Kier alpha value is -1.32. The van der Waals surface area contributed by atoms with Crippen LogP contribution in [0.1, 0.15) is 45.2 Å². The Morgan fingerprint density at radius 2 is 2.19 bits per heavy atom. The molecule has 0 bridgehead atoms. The molecular formula is C12H19NO3. The van der Waals surface area contributed by atoms with Crippen LogP contribution in [0, 0.1) is 5.41 Å². The van der Waals surface area contributed by atoms with E-state index in [1.807, 2.05) is 27.7 Å². The molecule has 0 aliphatic rings. The van der Waals surface area contributed by atoms with Crippen molar-refractivity contribution in [3.63, 3.8) is 0 Å². The first kappa shape index (κ1) is 12.7. The van der Waals surface area contributed by atoms with Crippen molar-refractivity contribution in [3.8, 4) is 0 Å². The highest BCUT2D eigenvalue weighted by molar-refractivity contribution is 5.76. The van der Waals surface area contributed by atoms with Crippen LogP contribution in [0.25, 0.3) is 0 Å². The van der Waals surface area contributed by atoms with E-state index >= 15 is 0 Å². The summed E-state index contributed by atoms with van der Waals surface area (Å²) in [6.07, 6.45) is 2.13. The lowest BCUT2D eigenvalue weighted by molar-refractivity contribution is -0.150. The van der Waals surface area contributed by atoms with Gasteiger partial charge in [-0.1, -0.05) is 13.8 Å². The van der Waals surface area contributed by atoms with E-state index in [1.54, 1.807) is 6.26 Å². The normalized spacial score (nSPS) is 11.9. The first-order chi connectivity index (χ1) is 7.36. The Morgan fingerprint density at radius 1 is 1.56 bits per heavy atom. The van der Waals surface area contributed by atoms with Gasteiger partial charge in [-0.25, -0.2) is 4.98 Å². The molecule has 0 spiro atoms. The fraction of sp³-hybridized carbons (Fsp3) is 0.667. The van der Waals surface area contributed by atoms with Crippen LogP contribution in [0.5, 0.6) is 0 Å². The van der Waals surface area contributed by atoms with E-state index in [2.05, 4.69) is 4.98 Å². The number of hydrogen-bond donors (Lipinski definition) is 0. The summed E-state index contributed by atoms with van der Waals surface area (Å²) >= 11 is 0. The maximum atomic E-state index is 11.5. The number of hydrogen-bond acceptors (Lipinski definition) is 4. The number of nitrogens with zero attached hydrogens (tertiary/aromatic N) is 1. The van der Waals surface area contributed by atoms with Gasteiger partial charge in [-0.2, -0.15) is 0 Å². The molecule has 1 aromatic rings. The van der Waals surface area contributed by atoms with Crippen LogP contribution < -0.4 is 0 Å². The first-order valence-corrected chi connectivity index (χ1v) is 5.39. The molecule has 90 valence electrons. The smallest absolute Gasteiger partial charge is 0.311 e. The van der Waals surface area contributed by atoms with Crippen molar-refractivity contribution in [3.05, 3.63) is 17.8 Å². The number of methoxy groups -OCH3 is 1. The Balaban J connectivity index is 2.76. The van der Waals surface area contributed by atoms with Crippen molar-refractivity contribution in [2.24, 2.45) is 5.41 Å². The summed E-state index contributed by atoms with van der Waals surface area (Å²) in [5.74, 6) is 0.729. The topological polar surface area (TPSA) is 52.3 Å². The number of rotatable bonds is 4. The van der Waals surface area contributed by atoms with Crippen molar-refractivity contribution in [2.75, 3.05) is 7.11 Å². The van der Waals surface area contributed by atoms with Gasteiger partial charge in [-0.15, -0.1) is 0 Å². The number of ether oxygens (including phenoxy) is 1. The Kier molecular flexibility index (Phi) is 3.73. The first-order valence-electron chi connectivity index (χ1n) is 5.39. The number of carbonyl (C=O) groups excluding carboxylic acids is 1. The fourth-order valence-electron chi connectivity index (χ4n) is 1.47. The molecule has 0 N–H and O–H groups in total. The van der Waals surface area contributed by atoms with E-state index in [-0.39, 0.29) is 11.9 Å². The minimum absolute atomic E-state index is 0.235. The lowest BCUT2D eigenvalue weighted by atomic mass is 9.88. The predicted molar refractivity (Wildman–Crippen MR) is 60.1 cm³/mol. The van der Waals surface area contributed by atoms with E-state index in [1.165, 1.54) is 7.11 Å². The predicted octanol–water partition coefficient (Wildman–Crippen LogP) is 2.54. The van der Waals surface area contributed by atoms with E-state index < -0.39 is 5.41 Å². The second kappa shape index (κ2) is 4.68. The molecule has 0 saturated carbocycles. The van der Waals surface area contributed by atoms with Crippen molar-refractivity contribution in [1.29, 1.82) is 0 Å². The van der Waals surface area contributed by atoms with Crippen molar-refractivity contribution < 1.29 is 13.9 Å². The summed E-state index contributed by atoms with van der Waals surface area (Å²) in [6, 6.07) is 0. The van der Waals surface area contributed by atoms with Gasteiger partial charge < -0.3 is 9.15 Å². The lowest BCUT2D eigenvalue weighted by Gasteiger charge is -2.19. The van der Waals surface area contributed by atoms with Crippen molar-refractivity contribution in [2.45, 2.75) is 40.0 Å². The highest BCUT2D eigenvalue weighted by Gasteiger charge is 2.30. The quantitative estimate of drug-likeness (QED) is 0.739. The van der Waals surface area contributed by atoms with Gasteiger partial charge in [0.1, 0.15) is 6.26 Å². The van der Waals surface area contributed by atoms with Gasteiger partial charge in [0.2, 0.25) is 0 Å². The average molecular weight is 225 g/mol. The van der Waals surface area contributed by atoms with Gasteiger partial charge in [-0.3, -0.25) is 4.79 Å². The fourth-order valence-corrected chi connectivity index (χ4v) is 1.47. The summed E-state index contributed by atoms with van der Waals surface area (Å²) < 4.78 is 10.1. The molecule has 0 aromatic carbocycles. The summed E-state index contributed by atoms with van der Waals surface area (Å²) in [7, 11) is 1.40. The molecule has 0 aliphatic carbocycles. The van der Waals surface area contributed by atoms with Gasteiger partial charge >= 0.3 is 5.97 Å². The second-order valence-electron chi connectivity index (χ2n) is 4.88. The maximum Gasteiger partial charge on any atom is 0.311 e.